The van der Waals surface area contributed by atoms with E-state index in [2.05, 4.69) is 36.3 Å². The van der Waals surface area contributed by atoms with Crippen LogP contribution in [0, 0.1) is 5.92 Å². The molecule has 1 heterocycles. The van der Waals surface area contributed by atoms with E-state index in [-0.39, 0.29) is 23.2 Å². The summed E-state index contributed by atoms with van der Waals surface area (Å²) in [5.74, 6) is -0.696. The summed E-state index contributed by atoms with van der Waals surface area (Å²) in [4.78, 5) is 23.8. The SMILES string of the molecule is COC(=O)[C@@H](C)Cc1ccc(NC(=O)c2cc(C(C)(C)C)[nH]n2)cc1. The van der Waals surface area contributed by atoms with Crippen LogP contribution in [0.25, 0.3) is 0 Å². The van der Waals surface area contributed by atoms with E-state index in [1.54, 1.807) is 6.07 Å². The Labute approximate surface area is 148 Å². The quantitative estimate of drug-likeness (QED) is 0.816. The number of hydrogen-bond acceptors (Lipinski definition) is 4. The standard InChI is InChI=1S/C19H25N3O3/c1-12(18(24)25-5)10-13-6-8-14(9-7-13)20-17(23)15-11-16(22-21-15)19(2,3)4/h6-9,11-12H,10H2,1-5H3,(H,20,23)(H,21,22)/t12-/m0/s1. The van der Waals surface area contributed by atoms with E-state index < -0.39 is 0 Å². The third kappa shape index (κ3) is 4.92. The molecule has 0 saturated heterocycles. The van der Waals surface area contributed by atoms with Gasteiger partial charge in [0.25, 0.3) is 5.91 Å². The number of hydrogen-bond donors (Lipinski definition) is 2. The lowest BCUT2D eigenvalue weighted by Crippen LogP contribution is -2.15. The molecule has 0 aliphatic carbocycles. The van der Waals surface area contributed by atoms with Crippen LogP contribution < -0.4 is 5.32 Å². The van der Waals surface area contributed by atoms with Gasteiger partial charge < -0.3 is 10.1 Å². The minimum atomic E-state index is -0.262. The minimum Gasteiger partial charge on any atom is -0.469 e. The Morgan fingerprint density at radius 2 is 1.88 bits per heavy atom. The van der Waals surface area contributed by atoms with Crippen LogP contribution in [0.5, 0.6) is 0 Å². The maximum absolute atomic E-state index is 12.3. The van der Waals surface area contributed by atoms with Crippen LogP contribution in [-0.2, 0) is 21.4 Å². The molecule has 6 heteroatoms. The number of esters is 1. The van der Waals surface area contributed by atoms with Crippen LogP contribution in [0.1, 0.15) is 49.4 Å². The number of methoxy groups -OCH3 is 1. The Hall–Kier alpha value is -2.63. The molecule has 0 aliphatic rings. The largest absolute Gasteiger partial charge is 0.469 e. The Kier molecular flexibility index (Phi) is 5.62. The molecule has 0 saturated carbocycles. The van der Waals surface area contributed by atoms with Gasteiger partial charge in [0.15, 0.2) is 5.69 Å². The van der Waals surface area contributed by atoms with Crippen molar-refractivity contribution in [3.63, 3.8) is 0 Å². The Bertz CT molecular complexity index is 742. The maximum atomic E-state index is 12.3. The first-order valence-electron chi connectivity index (χ1n) is 8.24. The van der Waals surface area contributed by atoms with Crippen LogP contribution in [0.15, 0.2) is 30.3 Å². The second-order valence-corrected chi connectivity index (χ2v) is 7.20. The van der Waals surface area contributed by atoms with E-state index in [4.69, 9.17) is 4.74 Å². The number of ether oxygens (including phenoxy) is 1. The van der Waals surface area contributed by atoms with Gasteiger partial charge in [0.05, 0.1) is 13.0 Å². The number of carbonyl (C=O) groups is 2. The van der Waals surface area contributed by atoms with Crippen molar-refractivity contribution in [2.24, 2.45) is 5.92 Å². The van der Waals surface area contributed by atoms with Gasteiger partial charge in [0.1, 0.15) is 0 Å². The summed E-state index contributed by atoms with van der Waals surface area (Å²) in [6.45, 7) is 7.98. The molecule has 1 aromatic carbocycles. The summed E-state index contributed by atoms with van der Waals surface area (Å²) in [5.41, 5.74) is 2.85. The number of anilines is 1. The molecule has 6 nitrogen and oxygen atoms in total. The summed E-state index contributed by atoms with van der Waals surface area (Å²) in [7, 11) is 1.39. The van der Waals surface area contributed by atoms with E-state index in [1.807, 2.05) is 31.2 Å². The second-order valence-electron chi connectivity index (χ2n) is 7.20. The fourth-order valence-electron chi connectivity index (χ4n) is 2.38. The van der Waals surface area contributed by atoms with Crippen molar-refractivity contribution in [2.45, 2.75) is 39.5 Å². The Morgan fingerprint density at radius 1 is 1.24 bits per heavy atom. The lowest BCUT2D eigenvalue weighted by Gasteiger charge is -2.14. The average Bonchev–Trinajstić information content (AvgIpc) is 3.06. The number of carbonyl (C=O) groups excluding carboxylic acids is 2. The van der Waals surface area contributed by atoms with E-state index in [0.29, 0.717) is 17.8 Å². The molecule has 1 aromatic heterocycles. The molecule has 0 fully saturated rings. The van der Waals surface area contributed by atoms with E-state index in [0.717, 1.165) is 11.3 Å². The maximum Gasteiger partial charge on any atom is 0.308 e. The lowest BCUT2D eigenvalue weighted by atomic mass is 9.92. The number of H-pyrrole nitrogens is 1. The van der Waals surface area contributed by atoms with Crippen LogP contribution in [0.3, 0.4) is 0 Å². The van der Waals surface area contributed by atoms with Gasteiger partial charge in [-0.25, -0.2) is 0 Å². The van der Waals surface area contributed by atoms with Gasteiger partial charge in [0.2, 0.25) is 0 Å². The molecule has 2 aromatic rings. The van der Waals surface area contributed by atoms with E-state index in [9.17, 15) is 9.59 Å². The summed E-state index contributed by atoms with van der Waals surface area (Å²) >= 11 is 0. The fourth-order valence-corrected chi connectivity index (χ4v) is 2.38. The van der Waals surface area contributed by atoms with Gasteiger partial charge in [-0.05, 0) is 30.2 Å². The molecule has 0 bridgehead atoms. The predicted octanol–water partition coefficient (Wildman–Crippen LogP) is 3.31. The molecule has 0 unspecified atom stereocenters. The molecule has 0 aliphatic heterocycles. The first-order valence-corrected chi connectivity index (χ1v) is 8.24. The normalized spacial score (nSPS) is 12.5. The molecule has 25 heavy (non-hydrogen) atoms. The number of amides is 1. The van der Waals surface area contributed by atoms with Gasteiger partial charge in [-0.2, -0.15) is 5.10 Å². The predicted molar refractivity (Wildman–Crippen MR) is 96.6 cm³/mol. The Balaban J connectivity index is 2.00. The van der Waals surface area contributed by atoms with E-state index in [1.165, 1.54) is 7.11 Å². The van der Waals surface area contributed by atoms with Gasteiger partial charge in [-0.15, -0.1) is 0 Å². The molecular weight excluding hydrogens is 318 g/mol. The van der Waals surface area contributed by atoms with Crippen molar-refractivity contribution < 1.29 is 14.3 Å². The fraction of sp³-hybridized carbons (Fsp3) is 0.421. The molecule has 1 atom stereocenters. The number of nitrogens with one attached hydrogen (secondary N) is 2. The van der Waals surface area contributed by atoms with Crippen molar-refractivity contribution in [1.82, 2.24) is 10.2 Å². The smallest absolute Gasteiger partial charge is 0.308 e. The second kappa shape index (κ2) is 7.51. The average molecular weight is 343 g/mol. The molecule has 2 rings (SSSR count). The highest BCUT2D eigenvalue weighted by Crippen LogP contribution is 2.21. The summed E-state index contributed by atoms with van der Waals surface area (Å²) in [6, 6.07) is 9.17. The van der Waals surface area contributed by atoms with Gasteiger partial charge >= 0.3 is 5.97 Å². The number of rotatable bonds is 5. The lowest BCUT2D eigenvalue weighted by molar-refractivity contribution is -0.144. The van der Waals surface area contributed by atoms with Crippen molar-refractivity contribution in [2.75, 3.05) is 12.4 Å². The van der Waals surface area contributed by atoms with Crippen LogP contribution in [0.4, 0.5) is 5.69 Å². The summed E-state index contributed by atoms with van der Waals surface area (Å²) < 4.78 is 4.73. The number of aromatic nitrogens is 2. The van der Waals surface area contributed by atoms with Crippen LogP contribution in [-0.4, -0.2) is 29.2 Å². The van der Waals surface area contributed by atoms with Crippen LogP contribution in [0.2, 0.25) is 0 Å². The first-order chi connectivity index (χ1) is 11.7. The highest BCUT2D eigenvalue weighted by atomic mass is 16.5. The molecule has 2 N–H and O–H groups in total. The van der Waals surface area contributed by atoms with Gasteiger partial charge in [0, 0.05) is 16.8 Å². The van der Waals surface area contributed by atoms with Crippen LogP contribution >= 0.6 is 0 Å². The third-order valence-electron chi connectivity index (χ3n) is 3.98. The first kappa shape index (κ1) is 18.7. The van der Waals surface area contributed by atoms with E-state index >= 15 is 0 Å². The van der Waals surface area contributed by atoms with Gasteiger partial charge in [-0.1, -0.05) is 39.8 Å². The minimum absolute atomic E-state index is 0.0937. The summed E-state index contributed by atoms with van der Waals surface area (Å²) in [5, 5.41) is 9.81. The number of nitrogens with zero attached hydrogens (tertiary/aromatic N) is 1. The van der Waals surface area contributed by atoms with Crippen molar-refractivity contribution >= 4 is 17.6 Å². The zero-order chi connectivity index (χ0) is 18.6. The Morgan fingerprint density at radius 3 is 2.40 bits per heavy atom. The zero-order valence-corrected chi connectivity index (χ0v) is 15.3. The highest BCUT2D eigenvalue weighted by molar-refractivity contribution is 6.02. The molecule has 0 radical (unpaired) electrons. The zero-order valence-electron chi connectivity index (χ0n) is 15.3. The highest BCUT2D eigenvalue weighted by Gasteiger charge is 2.19. The monoisotopic (exact) mass is 343 g/mol. The molecule has 0 spiro atoms. The molecule has 134 valence electrons. The molecular formula is C19H25N3O3. The number of aromatic amines is 1. The number of benzene rings is 1. The van der Waals surface area contributed by atoms with Crippen molar-refractivity contribution in [1.29, 1.82) is 0 Å². The summed E-state index contributed by atoms with van der Waals surface area (Å²) in [6.07, 6.45) is 0.592. The van der Waals surface area contributed by atoms with Gasteiger partial charge in [-0.3, -0.25) is 14.7 Å². The third-order valence-corrected chi connectivity index (χ3v) is 3.98. The molecule has 1 amide bonds. The van der Waals surface area contributed by atoms with Crippen molar-refractivity contribution in [3.05, 3.63) is 47.3 Å². The van der Waals surface area contributed by atoms with Crippen molar-refractivity contribution in [3.8, 4) is 0 Å². The topological polar surface area (TPSA) is 84.1 Å².